The Morgan fingerprint density at radius 1 is 1.46 bits per heavy atom. The second-order valence-electron chi connectivity index (χ2n) is 8.39. The first kappa shape index (κ1) is 18.9. The Labute approximate surface area is 164 Å². The number of hydroxylamine groups is 2. The average molecular weight is 384 g/mol. The van der Waals surface area contributed by atoms with E-state index in [2.05, 4.69) is 11.9 Å². The van der Waals surface area contributed by atoms with E-state index in [1.807, 2.05) is 29.2 Å². The lowest BCUT2D eigenvalue weighted by molar-refractivity contribution is -0.157. The minimum atomic E-state index is -0.393. The summed E-state index contributed by atoms with van der Waals surface area (Å²) in [5.74, 6) is 0.461. The third kappa shape index (κ3) is 3.63. The third-order valence-corrected chi connectivity index (χ3v) is 6.26. The number of carbonyl (C=O) groups is 2. The maximum Gasteiger partial charge on any atom is 0.233 e. The van der Waals surface area contributed by atoms with Gasteiger partial charge in [-0.1, -0.05) is 31.9 Å². The van der Waals surface area contributed by atoms with Crippen molar-refractivity contribution in [1.29, 1.82) is 0 Å². The van der Waals surface area contributed by atoms with Crippen molar-refractivity contribution in [3.05, 3.63) is 30.1 Å². The Balaban J connectivity index is 1.60. The van der Waals surface area contributed by atoms with E-state index < -0.39 is 5.92 Å². The van der Waals surface area contributed by atoms with Crippen LogP contribution in [0.4, 0.5) is 0 Å². The molecule has 1 saturated heterocycles. The summed E-state index contributed by atoms with van der Waals surface area (Å²) < 4.78 is 0. The number of carbonyl (C=O) groups excluding carboxylic acids is 2. The van der Waals surface area contributed by atoms with Gasteiger partial charge in [0.15, 0.2) is 0 Å². The molecule has 2 aromatic rings. The quantitative estimate of drug-likeness (QED) is 0.415. The van der Waals surface area contributed by atoms with E-state index in [4.69, 9.17) is 4.98 Å². The third-order valence-electron chi connectivity index (χ3n) is 6.26. The maximum absolute atomic E-state index is 13.4. The van der Waals surface area contributed by atoms with Gasteiger partial charge < -0.3 is 9.88 Å². The molecule has 2 fully saturated rings. The zero-order valence-electron chi connectivity index (χ0n) is 16.3. The zero-order valence-corrected chi connectivity index (χ0v) is 16.3. The minimum Gasteiger partial charge on any atom is -0.340 e. The zero-order chi connectivity index (χ0) is 19.7. The molecule has 4 rings (SSSR count). The van der Waals surface area contributed by atoms with Gasteiger partial charge >= 0.3 is 0 Å². The van der Waals surface area contributed by atoms with Crippen LogP contribution in [0.3, 0.4) is 0 Å². The molecule has 0 bridgehead atoms. The molecule has 7 nitrogen and oxygen atoms in total. The van der Waals surface area contributed by atoms with Gasteiger partial charge in [-0.3, -0.25) is 14.8 Å². The number of para-hydroxylation sites is 2. The molecule has 7 heteroatoms. The van der Waals surface area contributed by atoms with Crippen LogP contribution in [0.2, 0.25) is 0 Å². The summed E-state index contributed by atoms with van der Waals surface area (Å²) >= 11 is 0. The van der Waals surface area contributed by atoms with Crippen LogP contribution in [0.1, 0.15) is 57.3 Å². The number of benzene rings is 1. The van der Waals surface area contributed by atoms with Crippen LogP contribution in [-0.4, -0.2) is 50.5 Å². The van der Waals surface area contributed by atoms with Crippen molar-refractivity contribution in [2.45, 2.75) is 51.5 Å². The van der Waals surface area contributed by atoms with Gasteiger partial charge in [0, 0.05) is 6.54 Å². The fourth-order valence-electron chi connectivity index (χ4n) is 4.45. The number of H-pyrrole nitrogens is 1. The molecule has 2 N–H and O–H groups in total. The molecule has 150 valence electrons. The van der Waals surface area contributed by atoms with Crippen molar-refractivity contribution in [3.8, 4) is 0 Å². The van der Waals surface area contributed by atoms with Gasteiger partial charge in [-0.2, -0.15) is 0 Å². The predicted molar refractivity (Wildman–Crippen MR) is 104 cm³/mol. The molecule has 2 amide bonds. The Morgan fingerprint density at radius 3 is 2.93 bits per heavy atom. The molecule has 0 radical (unpaired) electrons. The van der Waals surface area contributed by atoms with E-state index in [-0.39, 0.29) is 23.9 Å². The van der Waals surface area contributed by atoms with Crippen LogP contribution < -0.4 is 0 Å². The summed E-state index contributed by atoms with van der Waals surface area (Å²) in [4.78, 5) is 34.4. The number of nitrogens with zero attached hydrogens (tertiary/aromatic N) is 3. The molecule has 2 aliphatic rings. The Kier molecular flexibility index (Phi) is 5.10. The van der Waals surface area contributed by atoms with Crippen LogP contribution in [0, 0.1) is 11.3 Å². The molecule has 1 aliphatic carbocycles. The fourth-order valence-corrected chi connectivity index (χ4v) is 4.45. The predicted octanol–water partition coefficient (Wildman–Crippen LogP) is 3.27. The first-order chi connectivity index (χ1) is 13.5. The molecule has 28 heavy (non-hydrogen) atoms. The Morgan fingerprint density at radius 2 is 2.25 bits per heavy atom. The molecule has 2 heterocycles. The average Bonchev–Trinajstić information content (AvgIpc) is 3.15. The van der Waals surface area contributed by atoms with Crippen LogP contribution in [-0.2, 0) is 9.59 Å². The monoisotopic (exact) mass is 384 g/mol. The molecule has 2 atom stereocenters. The number of aromatic amines is 1. The van der Waals surface area contributed by atoms with Crippen molar-refractivity contribution >= 4 is 23.4 Å². The van der Waals surface area contributed by atoms with E-state index in [0.29, 0.717) is 17.9 Å². The van der Waals surface area contributed by atoms with Crippen LogP contribution in [0.15, 0.2) is 24.3 Å². The topological polar surface area (TPSA) is 89.5 Å². The molecule has 0 unspecified atom stereocenters. The fraction of sp³-hybridized carbons (Fsp3) is 0.571. The van der Waals surface area contributed by atoms with Crippen molar-refractivity contribution in [2.75, 3.05) is 13.1 Å². The largest absolute Gasteiger partial charge is 0.340 e. The summed E-state index contributed by atoms with van der Waals surface area (Å²) in [7, 11) is 0. The van der Waals surface area contributed by atoms with E-state index in [1.165, 1.54) is 0 Å². The number of hydrogen-bond acceptors (Lipinski definition) is 4. The van der Waals surface area contributed by atoms with Gasteiger partial charge in [0.25, 0.3) is 0 Å². The standard InChI is InChI=1S/C21H28N4O3/c1-2-3-6-15(12-24(28)14-26)20(27)25-13-21(9-10-21)11-18(25)19-22-16-7-4-5-8-17(16)23-19/h4-5,7-8,14-15,18,28H,2-3,6,9-13H2,1H3,(H,22,23)/t15-,18+/m1/s1. The molecule has 1 spiro atoms. The lowest BCUT2D eigenvalue weighted by atomic mass is 9.99. The molecule has 1 aliphatic heterocycles. The van der Waals surface area contributed by atoms with E-state index in [1.54, 1.807) is 0 Å². The number of unbranched alkanes of at least 4 members (excludes halogenated alkanes) is 1. The number of fused-ring (bicyclic) bond motifs is 1. The molecular formula is C21H28N4O3. The van der Waals surface area contributed by atoms with Crippen LogP contribution >= 0.6 is 0 Å². The van der Waals surface area contributed by atoms with Crippen LogP contribution in [0.25, 0.3) is 11.0 Å². The molecular weight excluding hydrogens is 356 g/mol. The normalized spacial score (nSPS) is 21.2. The van der Waals surface area contributed by atoms with Gasteiger partial charge in [0.05, 0.1) is 29.5 Å². The molecule has 1 saturated carbocycles. The number of aromatic nitrogens is 2. The Bertz CT molecular complexity index is 827. The maximum atomic E-state index is 13.4. The first-order valence-electron chi connectivity index (χ1n) is 10.2. The van der Waals surface area contributed by atoms with Crippen molar-refractivity contribution in [3.63, 3.8) is 0 Å². The first-order valence-corrected chi connectivity index (χ1v) is 10.2. The van der Waals surface area contributed by atoms with Gasteiger partial charge in [-0.05, 0) is 43.2 Å². The summed E-state index contributed by atoms with van der Waals surface area (Å²) in [6.45, 7) is 2.85. The van der Waals surface area contributed by atoms with Gasteiger partial charge in [0.2, 0.25) is 12.3 Å². The number of likely N-dealkylation sites (tertiary alicyclic amines) is 1. The molecule has 1 aromatic heterocycles. The number of hydrogen-bond donors (Lipinski definition) is 2. The summed E-state index contributed by atoms with van der Waals surface area (Å²) in [6, 6.07) is 7.83. The van der Waals surface area contributed by atoms with E-state index in [0.717, 1.165) is 55.5 Å². The van der Waals surface area contributed by atoms with Crippen molar-refractivity contribution < 1.29 is 14.8 Å². The summed E-state index contributed by atoms with van der Waals surface area (Å²) in [5.41, 5.74) is 2.11. The second-order valence-corrected chi connectivity index (χ2v) is 8.39. The van der Waals surface area contributed by atoms with Crippen molar-refractivity contribution in [1.82, 2.24) is 19.9 Å². The SMILES string of the molecule is CCCC[C@H](CN(O)C=O)C(=O)N1CC2(CC2)C[C@H]1c1nc2ccccc2[nH]1. The highest BCUT2D eigenvalue weighted by Gasteiger charge is 2.54. The highest BCUT2D eigenvalue weighted by atomic mass is 16.5. The lowest BCUT2D eigenvalue weighted by Crippen LogP contribution is -2.41. The van der Waals surface area contributed by atoms with Gasteiger partial charge in [-0.15, -0.1) is 0 Å². The van der Waals surface area contributed by atoms with E-state index in [9.17, 15) is 14.8 Å². The van der Waals surface area contributed by atoms with Crippen LogP contribution in [0.5, 0.6) is 0 Å². The highest BCUT2D eigenvalue weighted by molar-refractivity contribution is 5.81. The summed E-state index contributed by atoms with van der Waals surface area (Å²) in [5, 5.41) is 10.3. The van der Waals surface area contributed by atoms with E-state index >= 15 is 0 Å². The van der Waals surface area contributed by atoms with Gasteiger partial charge in [-0.25, -0.2) is 10.0 Å². The number of nitrogens with one attached hydrogen (secondary N) is 1. The second kappa shape index (κ2) is 7.54. The molecule has 1 aromatic carbocycles. The lowest BCUT2D eigenvalue weighted by Gasteiger charge is -2.29. The Hall–Kier alpha value is -2.41. The summed E-state index contributed by atoms with van der Waals surface area (Å²) in [6.07, 6.45) is 6.10. The smallest absolute Gasteiger partial charge is 0.233 e. The van der Waals surface area contributed by atoms with Crippen molar-refractivity contribution in [2.24, 2.45) is 11.3 Å². The van der Waals surface area contributed by atoms with Gasteiger partial charge in [0.1, 0.15) is 5.82 Å². The number of imidazole rings is 1. The number of amides is 2. The highest BCUT2D eigenvalue weighted by Crippen LogP contribution is 2.58. The number of rotatable bonds is 8. The minimum absolute atomic E-state index is 0.0172.